The molecule has 0 amide bonds. The van der Waals surface area contributed by atoms with Crippen LogP contribution in [0.2, 0.25) is 0 Å². The van der Waals surface area contributed by atoms with E-state index < -0.39 is 0 Å². The van der Waals surface area contributed by atoms with Gasteiger partial charge in [0.15, 0.2) is 5.01 Å². The zero-order chi connectivity index (χ0) is 13.1. The monoisotopic (exact) mass is 296 g/mol. The maximum Gasteiger partial charge on any atom is 0.206 e. The van der Waals surface area contributed by atoms with E-state index in [1.165, 1.54) is 0 Å². The van der Waals surface area contributed by atoms with E-state index in [-0.39, 0.29) is 6.10 Å². The van der Waals surface area contributed by atoms with Gasteiger partial charge in [-0.3, -0.25) is 0 Å². The highest BCUT2D eigenvalue weighted by molar-refractivity contribution is 7.23. The number of nitrogens with one attached hydrogen (secondary N) is 1. The normalized spacial score (nSPS) is 18.9. The molecule has 3 rings (SSSR count). The Kier molecular flexibility index (Phi) is 4.05. The first-order chi connectivity index (χ1) is 9.36. The number of aromatic nitrogens is 3. The molecular formula is C12H16N4OS2. The molecule has 1 aliphatic heterocycles. The van der Waals surface area contributed by atoms with E-state index in [4.69, 9.17) is 4.74 Å². The lowest BCUT2D eigenvalue weighted by molar-refractivity contribution is 0.111. The summed E-state index contributed by atoms with van der Waals surface area (Å²) < 4.78 is 5.65. The minimum Gasteiger partial charge on any atom is -0.371 e. The number of hydrogen-bond donors (Lipinski definition) is 1. The van der Waals surface area contributed by atoms with Gasteiger partial charge < -0.3 is 10.1 Å². The molecule has 1 unspecified atom stereocenters. The lowest BCUT2D eigenvalue weighted by Crippen LogP contribution is -1.98. The number of anilines is 1. The first kappa shape index (κ1) is 13.0. The molecule has 0 bridgehead atoms. The highest BCUT2D eigenvalue weighted by atomic mass is 32.1. The first-order valence-corrected chi connectivity index (χ1v) is 8.15. The van der Waals surface area contributed by atoms with Gasteiger partial charge >= 0.3 is 0 Å². The molecule has 0 aliphatic carbocycles. The Hall–Kier alpha value is -1.05. The standard InChI is InChI=1S/C12H16N4OS2/c1-2-5-13-12-16-15-11(19-12)9-7-14-10(18-9)8-4-3-6-17-8/h7-8H,2-6H2,1H3,(H,13,16). The Morgan fingerprint density at radius 3 is 3.16 bits per heavy atom. The molecule has 1 fully saturated rings. The lowest BCUT2D eigenvalue weighted by atomic mass is 10.2. The molecule has 1 aliphatic rings. The van der Waals surface area contributed by atoms with E-state index in [0.29, 0.717) is 0 Å². The van der Waals surface area contributed by atoms with E-state index in [1.807, 2.05) is 6.20 Å². The second-order valence-electron chi connectivity index (χ2n) is 4.40. The van der Waals surface area contributed by atoms with Gasteiger partial charge in [0, 0.05) is 19.3 Å². The van der Waals surface area contributed by atoms with Crippen LogP contribution >= 0.6 is 22.7 Å². The fourth-order valence-corrected chi connectivity index (χ4v) is 3.74. The van der Waals surface area contributed by atoms with Gasteiger partial charge in [0.05, 0.1) is 4.88 Å². The second kappa shape index (κ2) is 5.94. The molecule has 3 heterocycles. The maximum atomic E-state index is 5.65. The topological polar surface area (TPSA) is 59.9 Å². The van der Waals surface area contributed by atoms with Crippen LogP contribution < -0.4 is 5.32 Å². The van der Waals surface area contributed by atoms with E-state index in [0.717, 1.165) is 52.4 Å². The van der Waals surface area contributed by atoms with Crippen molar-refractivity contribution in [3.05, 3.63) is 11.2 Å². The van der Waals surface area contributed by atoms with E-state index in [9.17, 15) is 0 Å². The van der Waals surface area contributed by atoms with Crippen LogP contribution in [0, 0.1) is 0 Å². The van der Waals surface area contributed by atoms with Gasteiger partial charge in [-0.05, 0) is 19.3 Å². The van der Waals surface area contributed by atoms with Gasteiger partial charge in [0.1, 0.15) is 11.1 Å². The summed E-state index contributed by atoms with van der Waals surface area (Å²) >= 11 is 3.24. The van der Waals surface area contributed by atoms with Crippen molar-refractivity contribution in [2.45, 2.75) is 32.3 Å². The van der Waals surface area contributed by atoms with Crippen molar-refractivity contribution in [1.29, 1.82) is 0 Å². The predicted octanol–water partition coefficient (Wildman–Crippen LogP) is 3.34. The van der Waals surface area contributed by atoms with Gasteiger partial charge in [-0.2, -0.15) is 0 Å². The Morgan fingerprint density at radius 2 is 2.37 bits per heavy atom. The minimum atomic E-state index is 0.185. The maximum absolute atomic E-state index is 5.65. The van der Waals surface area contributed by atoms with Crippen LogP contribution in [0.4, 0.5) is 5.13 Å². The zero-order valence-electron chi connectivity index (χ0n) is 10.8. The van der Waals surface area contributed by atoms with Crippen molar-refractivity contribution in [2.75, 3.05) is 18.5 Å². The number of hydrogen-bond acceptors (Lipinski definition) is 7. The molecule has 0 saturated carbocycles. The van der Waals surface area contributed by atoms with Gasteiger partial charge in [-0.15, -0.1) is 21.5 Å². The predicted molar refractivity (Wildman–Crippen MR) is 77.7 cm³/mol. The van der Waals surface area contributed by atoms with Crippen LogP contribution in [-0.2, 0) is 4.74 Å². The Labute approximate surface area is 120 Å². The third kappa shape index (κ3) is 2.93. The zero-order valence-corrected chi connectivity index (χ0v) is 12.4. The molecule has 5 nitrogen and oxygen atoms in total. The van der Waals surface area contributed by atoms with E-state index >= 15 is 0 Å². The molecule has 19 heavy (non-hydrogen) atoms. The van der Waals surface area contributed by atoms with Crippen molar-refractivity contribution in [1.82, 2.24) is 15.2 Å². The summed E-state index contributed by atoms with van der Waals surface area (Å²) in [6.45, 7) is 3.91. The van der Waals surface area contributed by atoms with Crippen LogP contribution in [0.1, 0.15) is 37.3 Å². The molecule has 0 spiro atoms. The lowest BCUT2D eigenvalue weighted by Gasteiger charge is -2.02. The third-order valence-corrected chi connectivity index (χ3v) is 5.03. The van der Waals surface area contributed by atoms with Crippen LogP contribution in [0.3, 0.4) is 0 Å². The summed E-state index contributed by atoms with van der Waals surface area (Å²) in [5.74, 6) is 0. The van der Waals surface area contributed by atoms with Crippen molar-refractivity contribution in [3.63, 3.8) is 0 Å². The highest BCUT2D eigenvalue weighted by Gasteiger charge is 2.22. The quantitative estimate of drug-likeness (QED) is 0.917. The van der Waals surface area contributed by atoms with E-state index in [1.54, 1.807) is 22.7 Å². The Morgan fingerprint density at radius 1 is 1.42 bits per heavy atom. The number of ether oxygens (including phenoxy) is 1. The van der Waals surface area contributed by atoms with Crippen LogP contribution in [0.25, 0.3) is 9.88 Å². The number of thiazole rings is 1. The Bertz CT molecular complexity index is 533. The molecule has 0 aromatic carbocycles. The van der Waals surface area contributed by atoms with Crippen molar-refractivity contribution in [2.24, 2.45) is 0 Å². The summed E-state index contributed by atoms with van der Waals surface area (Å²) in [4.78, 5) is 5.53. The van der Waals surface area contributed by atoms with Gasteiger partial charge in [0.2, 0.25) is 5.13 Å². The first-order valence-electron chi connectivity index (χ1n) is 6.52. The molecule has 1 saturated heterocycles. The average molecular weight is 296 g/mol. The summed E-state index contributed by atoms with van der Waals surface area (Å²) in [5.41, 5.74) is 0. The largest absolute Gasteiger partial charge is 0.371 e. The molecule has 102 valence electrons. The second-order valence-corrected chi connectivity index (χ2v) is 6.44. The number of rotatable bonds is 5. The Balaban J connectivity index is 1.72. The minimum absolute atomic E-state index is 0.185. The van der Waals surface area contributed by atoms with Crippen LogP contribution in [0.5, 0.6) is 0 Å². The van der Waals surface area contributed by atoms with Crippen molar-refractivity contribution >= 4 is 27.8 Å². The van der Waals surface area contributed by atoms with Crippen LogP contribution in [0.15, 0.2) is 6.20 Å². The van der Waals surface area contributed by atoms with Crippen molar-refractivity contribution < 1.29 is 4.74 Å². The summed E-state index contributed by atoms with van der Waals surface area (Å²) in [6.07, 6.45) is 5.35. The fourth-order valence-electron chi connectivity index (χ4n) is 1.93. The highest BCUT2D eigenvalue weighted by Crippen LogP contribution is 2.36. The van der Waals surface area contributed by atoms with E-state index in [2.05, 4.69) is 27.4 Å². The SMILES string of the molecule is CCCNc1nnc(-c2cnc(C3CCCO3)s2)s1. The molecule has 2 aromatic rings. The van der Waals surface area contributed by atoms with Gasteiger partial charge in [-0.25, -0.2) is 4.98 Å². The molecule has 7 heteroatoms. The molecule has 0 radical (unpaired) electrons. The molecular weight excluding hydrogens is 280 g/mol. The summed E-state index contributed by atoms with van der Waals surface area (Å²) in [7, 11) is 0. The summed E-state index contributed by atoms with van der Waals surface area (Å²) in [6, 6.07) is 0. The summed E-state index contributed by atoms with van der Waals surface area (Å²) in [5, 5.41) is 14.5. The fraction of sp³-hybridized carbons (Fsp3) is 0.583. The average Bonchev–Trinajstić information content (AvgIpc) is 3.14. The smallest absolute Gasteiger partial charge is 0.206 e. The third-order valence-electron chi connectivity index (χ3n) is 2.89. The van der Waals surface area contributed by atoms with Gasteiger partial charge in [0.25, 0.3) is 0 Å². The number of nitrogens with zero attached hydrogens (tertiary/aromatic N) is 3. The van der Waals surface area contributed by atoms with Crippen LogP contribution in [-0.4, -0.2) is 28.3 Å². The molecule has 1 N–H and O–H groups in total. The molecule has 2 aromatic heterocycles. The van der Waals surface area contributed by atoms with Crippen molar-refractivity contribution in [3.8, 4) is 9.88 Å². The van der Waals surface area contributed by atoms with Gasteiger partial charge in [-0.1, -0.05) is 18.3 Å². The molecule has 1 atom stereocenters.